The molecule has 1 amide bonds. The molecule has 42 heavy (non-hydrogen) atoms. The van der Waals surface area contributed by atoms with Crippen LogP contribution in [0.1, 0.15) is 58.5 Å². The van der Waals surface area contributed by atoms with E-state index in [1.54, 1.807) is 37.4 Å². The van der Waals surface area contributed by atoms with E-state index in [9.17, 15) is 18.0 Å². The molecule has 4 heterocycles. The van der Waals surface area contributed by atoms with Gasteiger partial charge in [0.25, 0.3) is 5.91 Å². The number of amides is 1. The van der Waals surface area contributed by atoms with E-state index >= 15 is 4.39 Å². The average molecular weight is 587 g/mol. The van der Waals surface area contributed by atoms with Gasteiger partial charge in [-0.2, -0.15) is 13.2 Å². The zero-order valence-electron chi connectivity index (χ0n) is 23.8. The Morgan fingerprint density at radius 1 is 1.19 bits per heavy atom. The van der Waals surface area contributed by atoms with Crippen molar-refractivity contribution < 1.29 is 27.1 Å². The van der Waals surface area contributed by atoms with E-state index in [0.717, 1.165) is 13.1 Å². The highest BCUT2D eigenvalue weighted by Crippen LogP contribution is 2.47. The molecule has 12 heteroatoms. The minimum absolute atomic E-state index is 0.0360. The maximum Gasteiger partial charge on any atom is 0.416 e. The number of carbonyl (C=O) groups is 1. The molecule has 0 aliphatic carbocycles. The highest BCUT2D eigenvalue weighted by atomic mass is 19.4. The molecule has 8 nitrogen and oxygen atoms in total. The Balaban J connectivity index is 1.31. The van der Waals surface area contributed by atoms with Crippen LogP contribution in [0.4, 0.5) is 23.2 Å². The topological polar surface area (TPSA) is 75.5 Å². The van der Waals surface area contributed by atoms with Crippen LogP contribution < -0.4 is 10.2 Å². The number of piperazine rings is 1. The number of rotatable bonds is 7. The number of nitrogens with zero attached hydrogens (tertiary/aromatic N) is 5. The average Bonchev–Trinajstić information content (AvgIpc) is 3.50. The van der Waals surface area contributed by atoms with E-state index in [1.165, 1.54) is 21.9 Å². The van der Waals surface area contributed by atoms with Crippen molar-refractivity contribution in [1.82, 2.24) is 25.0 Å². The van der Waals surface area contributed by atoms with Crippen LogP contribution in [0, 0.1) is 5.92 Å². The smallest absolute Gasteiger partial charge is 0.379 e. The Morgan fingerprint density at radius 3 is 2.62 bits per heavy atom. The fourth-order valence-corrected chi connectivity index (χ4v) is 6.24. The summed E-state index contributed by atoms with van der Waals surface area (Å²) >= 11 is 0. The van der Waals surface area contributed by atoms with Crippen molar-refractivity contribution >= 4 is 11.6 Å². The van der Waals surface area contributed by atoms with Crippen molar-refractivity contribution in [2.24, 2.45) is 13.0 Å². The molecule has 3 aromatic rings. The van der Waals surface area contributed by atoms with Crippen LogP contribution in [0.25, 0.3) is 0 Å². The van der Waals surface area contributed by atoms with Crippen molar-refractivity contribution in [3.63, 3.8) is 0 Å². The lowest BCUT2D eigenvalue weighted by atomic mass is 9.74. The first-order valence-corrected chi connectivity index (χ1v) is 14.1. The molecule has 224 valence electrons. The molecule has 0 radical (unpaired) electrons. The number of carbonyl (C=O) groups excluding carboxylic acids is 1. The number of benzene rings is 2. The highest BCUT2D eigenvalue weighted by molar-refractivity contribution is 6.10. The number of halogens is 4. The van der Waals surface area contributed by atoms with Gasteiger partial charge in [0.1, 0.15) is 6.33 Å². The number of aryl methyl sites for hydroxylation is 1. The van der Waals surface area contributed by atoms with Gasteiger partial charge in [-0.1, -0.05) is 26.0 Å². The Bertz CT molecular complexity index is 1480. The molecular weight excluding hydrogens is 552 g/mol. The van der Waals surface area contributed by atoms with Crippen LogP contribution in [0.2, 0.25) is 0 Å². The molecule has 1 aromatic heterocycles. The molecule has 2 aromatic carbocycles. The van der Waals surface area contributed by atoms with E-state index < -0.39 is 29.2 Å². The van der Waals surface area contributed by atoms with Gasteiger partial charge in [-0.05, 0) is 46.9 Å². The molecular formula is C30H34F4N6O2. The monoisotopic (exact) mass is 586 g/mol. The van der Waals surface area contributed by atoms with Crippen LogP contribution in [0.15, 0.2) is 42.7 Å². The van der Waals surface area contributed by atoms with Crippen molar-refractivity contribution in [3.05, 3.63) is 76.4 Å². The van der Waals surface area contributed by atoms with Crippen molar-refractivity contribution in [2.45, 2.75) is 50.7 Å². The SMILES string of the molecule is CC(C)[C@H]1CN(Cc2cc3c(c(C(F)(F)F)c2)CN(c2cccc(C4([C@H](F)c5nncn5C)COC4)c2)C3=O)CCN1. The van der Waals surface area contributed by atoms with E-state index in [4.69, 9.17) is 4.74 Å². The molecule has 0 saturated carbocycles. The van der Waals surface area contributed by atoms with Crippen molar-refractivity contribution in [1.29, 1.82) is 0 Å². The van der Waals surface area contributed by atoms with E-state index in [-0.39, 0.29) is 42.8 Å². The third kappa shape index (κ3) is 4.99. The molecule has 6 rings (SSSR count). The molecule has 0 bridgehead atoms. The van der Waals surface area contributed by atoms with E-state index in [0.29, 0.717) is 35.8 Å². The van der Waals surface area contributed by atoms with Gasteiger partial charge in [0.15, 0.2) is 12.0 Å². The Kier molecular flexibility index (Phi) is 7.35. The molecule has 2 saturated heterocycles. The number of fused-ring (bicyclic) bond motifs is 1. The second kappa shape index (κ2) is 10.7. The minimum atomic E-state index is -4.62. The molecule has 3 aliphatic rings. The largest absolute Gasteiger partial charge is 0.416 e. The lowest BCUT2D eigenvalue weighted by molar-refractivity contribution is -0.138. The number of hydrogen-bond acceptors (Lipinski definition) is 6. The summed E-state index contributed by atoms with van der Waals surface area (Å²) in [5.41, 5.74) is -0.358. The van der Waals surface area contributed by atoms with Crippen molar-refractivity contribution in [3.8, 4) is 0 Å². The van der Waals surface area contributed by atoms with Gasteiger partial charge < -0.3 is 19.5 Å². The predicted molar refractivity (Wildman–Crippen MR) is 148 cm³/mol. The maximum atomic E-state index is 15.9. The molecule has 2 atom stereocenters. The second-order valence-electron chi connectivity index (χ2n) is 12.0. The Labute approximate surface area is 241 Å². The molecule has 0 spiro atoms. The molecule has 3 aliphatic heterocycles. The number of anilines is 1. The zero-order valence-corrected chi connectivity index (χ0v) is 23.8. The van der Waals surface area contributed by atoms with Gasteiger partial charge in [0.2, 0.25) is 0 Å². The quantitative estimate of drug-likeness (QED) is 0.414. The number of nitrogens with one attached hydrogen (secondary N) is 1. The lowest BCUT2D eigenvalue weighted by Crippen LogP contribution is -2.52. The fourth-order valence-electron chi connectivity index (χ4n) is 6.24. The van der Waals surface area contributed by atoms with E-state index in [1.807, 2.05) is 0 Å². The Hall–Kier alpha value is -3.35. The van der Waals surface area contributed by atoms with E-state index in [2.05, 4.69) is 34.3 Å². The summed E-state index contributed by atoms with van der Waals surface area (Å²) in [5, 5.41) is 11.2. The van der Waals surface area contributed by atoms with Gasteiger partial charge in [-0.25, -0.2) is 4.39 Å². The standard InChI is InChI=1S/C30H34F4N6O2/c1-18(2)25-14-39(8-7-35-25)12-19-9-22-23(24(10-19)30(32,33)34)13-40(28(22)41)21-6-4-5-20(11-21)29(15-42-16-29)26(31)27-37-36-17-38(27)3/h4-6,9-11,17-18,25-26,35H,7-8,12-16H2,1-3H3/t25-,26-/m1/s1. The van der Waals surface area contributed by atoms with Gasteiger partial charge in [-0.3, -0.25) is 9.69 Å². The minimum Gasteiger partial charge on any atom is -0.379 e. The number of alkyl halides is 4. The van der Waals surface area contributed by atoms with Crippen LogP contribution in [-0.2, 0) is 36.5 Å². The van der Waals surface area contributed by atoms with Crippen LogP contribution in [-0.4, -0.2) is 64.5 Å². The first-order chi connectivity index (χ1) is 20.0. The van der Waals surface area contributed by atoms with Gasteiger partial charge in [-0.15, -0.1) is 10.2 Å². The number of hydrogen-bond donors (Lipinski definition) is 1. The summed E-state index contributed by atoms with van der Waals surface area (Å²) in [6, 6.07) is 9.83. The second-order valence-corrected chi connectivity index (χ2v) is 12.0. The summed E-state index contributed by atoms with van der Waals surface area (Å²) in [7, 11) is 1.66. The number of aromatic nitrogens is 3. The maximum absolute atomic E-state index is 15.9. The molecule has 1 N–H and O–H groups in total. The normalized spacial score (nSPS) is 21.5. The summed E-state index contributed by atoms with van der Waals surface area (Å²) < 4.78 is 65.8. The third-order valence-electron chi connectivity index (χ3n) is 8.82. The lowest BCUT2D eigenvalue weighted by Gasteiger charge is -2.43. The van der Waals surface area contributed by atoms with Gasteiger partial charge >= 0.3 is 6.18 Å². The van der Waals surface area contributed by atoms with Gasteiger partial charge in [0, 0.05) is 50.5 Å². The highest BCUT2D eigenvalue weighted by Gasteiger charge is 2.51. The van der Waals surface area contributed by atoms with Crippen molar-refractivity contribution in [2.75, 3.05) is 37.7 Å². The number of ether oxygens (including phenoxy) is 1. The third-order valence-corrected chi connectivity index (χ3v) is 8.82. The summed E-state index contributed by atoms with van der Waals surface area (Å²) in [4.78, 5) is 17.2. The first kappa shape index (κ1) is 28.8. The zero-order chi connectivity index (χ0) is 29.8. The fraction of sp³-hybridized carbons (Fsp3) is 0.500. The summed E-state index contributed by atoms with van der Waals surface area (Å²) in [5.74, 6) is 0.0435. The Morgan fingerprint density at radius 2 is 1.98 bits per heavy atom. The predicted octanol–water partition coefficient (Wildman–Crippen LogP) is 4.40. The van der Waals surface area contributed by atoms with Crippen LogP contribution in [0.3, 0.4) is 0 Å². The summed E-state index contributed by atoms with van der Waals surface area (Å²) in [6.07, 6.45) is -4.73. The van der Waals surface area contributed by atoms with Crippen LogP contribution in [0.5, 0.6) is 0 Å². The van der Waals surface area contributed by atoms with Gasteiger partial charge in [0.05, 0.1) is 30.7 Å². The van der Waals surface area contributed by atoms with Crippen LogP contribution >= 0.6 is 0 Å². The molecule has 0 unspecified atom stereocenters. The molecule has 2 fully saturated rings. The summed E-state index contributed by atoms with van der Waals surface area (Å²) in [6.45, 7) is 6.73. The first-order valence-electron chi connectivity index (χ1n) is 14.1.